The van der Waals surface area contributed by atoms with Gasteiger partial charge in [-0.05, 0) is 25.0 Å². The Balaban J connectivity index is 2.11. The molecule has 0 atom stereocenters. The number of carbonyl (C=O) groups excluding carboxylic acids is 1. The Morgan fingerprint density at radius 2 is 1.95 bits per heavy atom. The average Bonchev–Trinajstić information content (AvgIpc) is 2.97. The Kier molecular flexibility index (Phi) is 4.33. The third kappa shape index (κ3) is 3.08. The standard InChI is InChI=1S/C12H15NO7S/c1-19-12(16)8-4-6-13(7-5-8)21(17,18)10-3-2-9(20-10)11(14)15/h2-3,8H,4-7H2,1H3,(H,14,15). The number of carbonyl (C=O) groups is 2. The molecule has 0 amide bonds. The maximum Gasteiger partial charge on any atom is 0.371 e. The van der Waals surface area contributed by atoms with Crippen molar-refractivity contribution in [1.29, 1.82) is 0 Å². The summed E-state index contributed by atoms with van der Waals surface area (Å²) >= 11 is 0. The molecule has 1 fully saturated rings. The molecule has 9 heteroatoms. The number of piperidine rings is 1. The number of methoxy groups -OCH3 is 1. The van der Waals surface area contributed by atoms with Gasteiger partial charge in [0.1, 0.15) is 0 Å². The Morgan fingerprint density at radius 3 is 2.43 bits per heavy atom. The van der Waals surface area contributed by atoms with Crippen LogP contribution >= 0.6 is 0 Å². The van der Waals surface area contributed by atoms with E-state index in [0.717, 1.165) is 12.1 Å². The van der Waals surface area contributed by atoms with Crippen LogP contribution in [0.3, 0.4) is 0 Å². The molecule has 1 N–H and O–H groups in total. The lowest BCUT2D eigenvalue weighted by Gasteiger charge is -2.28. The van der Waals surface area contributed by atoms with Crippen molar-refractivity contribution in [3.8, 4) is 0 Å². The summed E-state index contributed by atoms with van der Waals surface area (Å²) < 4.78 is 35.2. The number of carboxylic acid groups (broad SMARTS) is 1. The lowest BCUT2D eigenvalue weighted by molar-refractivity contribution is -0.146. The zero-order valence-electron chi connectivity index (χ0n) is 11.3. The first kappa shape index (κ1) is 15.5. The van der Waals surface area contributed by atoms with Gasteiger partial charge in [-0.25, -0.2) is 13.2 Å². The molecule has 1 aromatic heterocycles. The van der Waals surface area contributed by atoms with E-state index in [1.54, 1.807) is 0 Å². The number of carboxylic acids is 1. The molecule has 1 aliphatic rings. The van der Waals surface area contributed by atoms with Crippen molar-refractivity contribution in [2.24, 2.45) is 5.92 Å². The van der Waals surface area contributed by atoms with Gasteiger partial charge in [-0.2, -0.15) is 4.31 Å². The van der Waals surface area contributed by atoms with Crippen molar-refractivity contribution in [3.63, 3.8) is 0 Å². The number of nitrogens with zero attached hydrogens (tertiary/aromatic N) is 1. The van der Waals surface area contributed by atoms with Gasteiger partial charge in [0.15, 0.2) is 0 Å². The summed E-state index contributed by atoms with van der Waals surface area (Å²) in [6.07, 6.45) is 0.719. The van der Waals surface area contributed by atoms with Crippen LogP contribution in [0.4, 0.5) is 0 Å². The number of esters is 1. The lowest BCUT2D eigenvalue weighted by Crippen LogP contribution is -2.40. The molecule has 0 radical (unpaired) electrons. The van der Waals surface area contributed by atoms with Crippen LogP contribution in [-0.2, 0) is 19.6 Å². The third-order valence-corrected chi connectivity index (χ3v) is 5.15. The second-order valence-electron chi connectivity index (χ2n) is 4.63. The molecule has 2 heterocycles. The predicted molar refractivity (Wildman–Crippen MR) is 69.2 cm³/mol. The van der Waals surface area contributed by atoms with E-state index < -0.39 is 26.8 Å². The van der Waals surface area contributed by atoms with Gasteiger partial charge in [0.2, 0.25) is 10.9 Å². The van der Waals surface area contributed by atoms with Crippen molar-refractivity contribution < 1.29 is 32.3 Å². The van der Waals surface area contributed by atoms with Crippen molar-refractivity contribution in [1.82, 2.24) is 4.31 Å². The fraction of sp³-hybridized carbons (Fsp3) is 0.500. The highest BCUT2D eigenvalue weighted by atomic mass is 32.2. The van der Waals surface area contributed by atoms with Gasteiger partial charge in [0.25, 0.3) is 10.0 Å². The molecule has 2 rings (SSSR count). The fourth-order valence-corrected chi connectivity index (χ4v) is 3.58. The van der Waals surface area contributed by atoms with Crippen molar-refractivity contribution >= 4 is 22.0 Å². The Bertz CT molecular complexity index is 640. The van der Waals surface area contributed by atoms with Crippen LogP contribution in [0.5, 0.6) is 0 Å². The maximum atomic E-state index is 12.3. The van der Waals surface area contributed by atoms with Gasteiger partial charge < -0.3 is 14.3 Å². The van der Waals surface area contributed by atoms with Gasteiger partial charge >= 0.3 is 11.9 Å². The third-order valence-electron chi connectivity index (χ3n) is 3.37. The van der Waals surface area contributed by atoms with Gasteiger partial charge in [-0.1, -0.05) is 0 Å². The fourth-order valence-electron chi connectivity index (χ4n) is 2.20. The van der Waals surface area contributed by atoms with Gasteiger partial charge in [-0.15, -0.1) is 0 Å². The summed E-state index contributed by atoms with van der Waals surface area (Å²) in [5, 5.41) is 8.34. The molecule has 21 heavy (non-hydrogen) atoms. The van der Waals surface area contributed by atoms with Gasteiger partial charge in [-0.3, -0.25) is 4.79 Å². The predicted octanol–water partition coefficient (Wildman–Crippen LogP) is 0.551. The number of hydrogen-bond acceptors (Lipinski definition) is 6. The zero-order valence-corrected chi connectivity index (χ0v) is 12.1. The maximum absolute atomic E-state index is 12.3. The van der Waals surface area contributed by atoms with E-state index in [-0.39, 0.29) is 25.0 Å². The van der Waals surface area contributed by atoms with Crippen LogP contribution in [0.1, 0.15) is 23.4 Å². The smallest absolute Gasteiger partial charge is 0.371 e. The van der Waals surface area contributed by atoms with Crippen molar-refractivity contribution in [2.45, 2.75) is 17.9 Å². The molecule has 1 saturated heterocycles. The van der Waals surface area contributed by atoms with Crippen LogP contribution in [0.2, 0.25) is 0 Å². The molecular formula is C12H15NO7S. The van der Waals surface area contributed by atoms with Crippen LogP contribution in [-0.4, -0.2) is 50.0 Å². The zero-order chi connectivity index (χ0) is 15.6. The number of sulfonamides is 1. The van der Waals surface area contributed by atoms with E-state index in [0.29, 0.717) is 12.8 Å². The normalized spacial score (nSPS) is 17.6. The number of aromatic carboxylic acids is 1. The van der Waals surface area contributed by atoms with E-state index in [9.17, 15) is 18.0 Å². The highest BCUT2D eigenvalue weighted by Gasteiger charge is 2.34. The van der Waals surface area contributed by atoms with Crippen LogP contribution in [0.15, 0.2) is 21.6 Å². The largest absolute Gasteiger partial charge is 0.475 e. The van der Waals surface area contributed by atoms with Crippen molar-refractivity contribution in [2.75, 3.05) is 20.2 Å². The molecule has 0 bridgehead atoms. The van der Waals surface area contributed by atoms with E-state index in [1.165, 1.54) is 11.4 Å². The van der Waals surface area contributed by atoms with Crippen LogP contribution in [0.25, 0.3) is 0 Å². The highest BCUT2D eigenvalue weighted by molar-refractivity contribution is 7.89. The monoisotopic (exact) mass is 317 g/mol. The molecule has 1 aromatic rings. The molecule has 0 saturated carbocycles. The minimum absolute atomic E-state index is 0.158. The number of furan rings is 1. The molecule has 116 valence electrons. The average molecular weight is 317 g/mol. The first-order chi connectivity index (χ1) is 9.86. The Labute approximate surface area is 121 Å². The van der Waals surface area contributed by atoms with Crippen LogP contribution < -0.4 is 0 Å². The molecule has 8 nitrogen and oxygen atoms in total. The van der Waals surface area contributed by atoms with E-state index >= 15 is 0 Å². The Morgan fingerprint density at radius 1 is 1.33 bits per heavy atom. The molecular weight excluding hydrogens is 302 g/mol. The van der Waals surface area contributed by atoms with Gasteiger partial charge in [0, 0.05) is 13.1 Å². The lowest BCUT2D eigenvalue weighted by atomic mass is 9.99. The molecule has 0 aromatic carbocycles. The summed E-state index contributed by atoms with van der Waals surface area (Å²) in [5.74, 6) is -2.43. The summed E-state index contributed by atoms with van der Waals surface area (Å²) in [5.41, 5.74) is 0. The first-order valence-corrected chi connectivity index (χ1v) is 7.71. The van der Waals surface area contributed by atoms with E-state index in [1.807, 2.05) is 0 Å². The summed E-state index contributed by atoms with van der Waals surface area (Å²) in [4.78, 5) is 22.1. The quantitative estimate of drug-likeness (QED) is 0.806. The SMILES string of the molecule is COC(=O)C1CCN(S(=O)(=O)c2ccc(C(=O)O)o2)CC1. The second-order valence-corrected chi connectivity index (χ2v) is 6.49. The minimum Gasteiger partial charge on any atom is -0.475 e. The van der Waals surface area contributed by atoms with E-state index in [4.69, 9.17) is 9.52 Å². The molecule has 0 aliphatic carbocycles. The molecule has 0 spiro atoms. The summed E-state index contributed by atoms with van der Waals surface area (Å²) in [6.45, 7) is 0.316. The molecule has 0 unspecified atom stereocenters. The number of hydrogen-bond donors (Lipinski definition) is 1. The van der Waals surface area contributed by atoms with E-state index in [2.05, 4.69) is 4.74 Å². The van der Waals surface area contributed by atoms with Crippen molar-refractivity contribution in [3.05, 3.63) is 17.9 Å². The minimum atomic E-state index is -3.88. The van der Waals surface area contributed by atoms with Crippen LogP contribution in [0, 0.1) is 5.92 Å². The molecule has 1 aliphatic heterocycles. The second kappa shape index (κ2) is 5.86. The summed E-state index contributed by atoms with van der Waals surface area (Å²) in [7, 11) is -2.59. The summed E-state index contributed by atoms with van der Waals surface area (Å²) in [6, 6.07) is 2.21. The highest BCUT2D eigenvalue weighted by Crippen LogP contribution is 2.25. The number of rotatable bonds is 4. The topological polar surface area (TPSA) is 114 Å². The van der Waals surface area contributed by atoms with Gasteiger partial charge in [0.05, 0.1) is 13.0 Å². The number of ether oxygens (including phenoxy) is 1. The first-order valence-electron chi connectivity index (χ1n) is 6.27. The Hall–Kier alpha value is -1.87.